The molecule has 61 nitrogen and oxygen atoms in total. The van der Waals surface area contributed by atoms with Gasteiger partial charge in [0.05, 0.1) is 84.8 Å². The molecule has 0 spiro atoms. The van der Waals surface area contributed by atoms with Gasteiger partial charge in [-0.3, -0.25) is 28.8 Å². The Hall–Kier alpha value is -5.14. The van der Waals surface area contributed by atoms with Crippen molar-refractivity contribution in [1.82, 2.24) is 31.9 Å². The normalized spacial score (nSPS) is 45.9. The SMILES string of the molecule is CC(=O)N[C@@H]1[C@H](O[C@@H]2[C@@H](O[C@@H]3[C@H](O)[C@H](O[C@H]4[C@H](O)[C@@H](NC(C)=O)[C@H](O[C@@H]([C@H](O)[C@H](CO)NC(C)=O)[C@H](O)CO[C@@H]5O[C@@H](C)[C@@H](O)[C@@H](O)[C@@H]5O)O[C@@H]4CO)O[C@H](CO[C@H]4O[C@H](CO[C@@H]5O[C@H](CO)[C@@H](O)[C@H](O)[C@H]5NC(C)=O)[C@@H](O)[C@H](O)[C@@H]4O[C@@H]4O[C@H](CO)[C@@H](O)[C@H](O)[C@H]4NC(C)=O)[C@H]3O)O[C@H](CO)[C@@H](O[C@@H]3O[C@H](CO)[C@@H](O)[C@H](O)[C@H]3NC(C)=O)[C@@H]2O)O[C@H](CO)[C@@H](O[C@@H]2O[C@H](CO)[C@H](O)[C@H](O)[C@H]2O)[C@@H]1O. The molecule has 0 aliphatic carbocycles. The maximum Gasteiger partial charge on any atom is 0.217 e. The molecular weight excluding hydrogens is 1900 g/mol. The van der Waals surface area contributed by atoms with Crippen LogP contribution in [0.2, 0.25) is 0 Å². The minimum absolute atomic E-state index is 0.846. The van der Waals surface area contributed by atoms with E-state index in [2.05, 4.69) is 31.9 Å². The van der Waals surface area contributed by atoms with E-state index in [1.165, 1.54) is 6.92 Å². The summed E-state index contributed by atoms with van der Waals surface area (Å²) in [6.07, 6.45) is -105. The summed E-state index contributed by atoms with van der Waals surface area (Å²) in [7, 11) is 0. The van der Waals surface area contributed by atoms with Crippen molar-refractivity contribution in [3.63, 3.8) is 0 Å². The van der Waals surface area contributed by atoms with Crippen molar-refractivity contribution in [2.75, 3.05) is 72.7 Å². The molecule has 10 saturated heterocycles. The van der Waals surface area contributed by atoms with E-state index in [0.29, 0.717) is 0 Å². The lowest BCUT2D eigenvalue weighted by Crippen LogP contribution is -2.71. The summed E-state index contributed by atoms with van der Waals surface area (Å²) in [6, 6.07) is -11.6. The van der Waals surface area contributed by atoms with Crippen LogP contribution in [0.1, 0.15) is 48.5 Å². The minimum atomic E-state index is -2.80. The number of hydrogen-bond acceptors (Lipinski definition) is 55. The largest absolute Gasteiger partial charge is 0.394 e. The van der Waals surface area contributed by atoms with Crippen molar-refractivity contribution in [1.29, 1.82) is 0 Å². The van der Waals surface area contributed by atoms with Crippen molar-refractivity contribution < 1.29 is 272 Å². The van der Waals surface area contributed by atoms with Crippen LogP contribution in [-0.4, -0.2) is 587 Å². The maximum absolute atomic E-state index is 13.5. The molecule has 0 bridgehead atoms. The third-order valence-corrected chi connectivity index (χ3v) is 25.0. The second-order valence-electron chi connectivity index (χ2n) is 35.1. The summed E-state index contributed by atoms with van der Waals surface area (Å²) in [5.41, 5.74) is 0. The van der Waals surface area contributed by atoms with Crippen molar-refractivity contribution in [2.24, 2.45) is 0 Å². The highest BCUT2D eigenvalue weighted by atomic mass is 16.8. The molecule has 0 unspecified atom stereocenters. The van der Waals surface area contributed by atoms with Crippen LogP contribution >= 0.6 is 0 Å². The summed E-state index contributed by atoms with van der Waals surface area (Å²) in [5.74, 6) is -5.78. The van der Waals surface area contributed by atoms with E-state index in [4.69, 9.17) is 94.7 Å². The smallest absolute Gasteiger partial charge is 0.217 e. The monoisotopic (exact) mass is 2030 g/mol. The zero-order valence-electron chi connectivity index (χ0n) is 75.5. The van der Waals surface area contributed by atoms with E-state index >= 15 is 0 Å². The maximum atomic E-state index is 13.5. The van der Waals surface area contributed by atoms with E-state index in [1.807, 2.05) is 0 Å². The van der Waals surface area contributed by atoms with E-state index < -0.39 is 439 Å². The second kappa shape index (κ2) is 51.5. The molecule has 35 N–H and O–H groups in total. The molecule has 0 aromatic heterocycles. The molecule has 10 fully saturated rings. The first-order valence-electron chi connectivity index (χ1n) is 44.4. The minimum Gasteiger partial charge on any atom is -0.394 e. The number of carbonyl (C=O) groups excluding carboxylic acids is 6. The van der Waals surface area contributed by atoms with Crippen LogP contribution in [0.4, 0.5) is 0 Å². The standard InChI is InChI=1S/C78H132N6O55/c1-19-42(100)55(113)58(116)74(123-19)120-16-27(99)62(43(101)26(8-85)79-20(2)93)133-72-40(83-24(6)97)53(111)64(33(14-91)128-72)136-76-61(119)66(49(107)36(131-76)18-122-77-67(138-71-39(82-23(5)96)52(110)46(104)30(11-88)126-71)57(115)48(106)35(132-77)17-121-69-37(80-21(3)94)50(108)44(102)28(9-86)124-69)137-78-68(60(118)65(34(15-92)130-78)134-70-38(81-22(4)95)51(109)45(103)29(10-87)125-70)139-73-41(84-25(7)98)54(112)63(32(13-90)129-73)135-75-59(117)56(114)47(105)31(12-89)127-75/h19,26-78,85-92,99-119H,8-18H2,1-7H3,(H,79,93)(H,80,94)(H,81,95)(H,82,96)(H,83,97)(H,84,98)/t19-,26-,27+,28+,29+,30+,31+,32+,33+,34+,35+,36+,37+,38+,39+,40+,41-,42+,43+,44+,45+,46+,47-,48+,49+,50+,51+,52+,53+,54+,55+,56-,57-,58-,59+,60-,61-,62+,63+,64+,65+,66-,67-,68-,69+,70-,71-,72-,73-,74+,75-,76-,77-,78+/m0/s1. The molecule has 0 saturated carbocycles. The number of amides is 6. The highest BCUT2D eigenvalue weighted by Crippen LogP contribution is 2.41. The van der Waals surface area contributed by atoms with Crippen molar-refractivity contribution in [2.45, 2.75) is 380 Å². The summed E-state index contributed by atoms with van der Waals surface area (Å²) in [5, 5.41) is 343. The molecule has 804 valence electrons. The van der Waals surface area contributed by atoms with Gasteiger partial charge in [0, 0.05) is 41.5 Å². The fourth-order valence-corrected chi connectivity index (χ4v) is 17.6. The van der Waals surface area contributed by atoms with Gasteiger partial charge in [0.1, 0.15) is 256 Å². The lowest BCUT2D eigenvalue weighted by molar-refractivity contribution is -0.405. The van der Waals surface area contributed by atoms with Gasteiger partial charge in [0.15, 0.2) is 62.9 Å². The zero-order valence-corrected chi connectivity index (χ0v) is 75.5. The molecule has 139 heavy (non-hydrogen) atoms. The van der Waals surface area contributed by atoms with E-state index in [1.54, 1.807) is 0 Å². The van der Waals surface area contributed by atoms with Gasteiger partial charge in [-0.15, -0.1) is 0 Å². The fraction of sp³-hybridized carbons (Fsp3) is 0.923. The van der Waals surface area contributed by atoms with Gasteiger partial charge in [-0.05, 0) is 6.92 Å². The molecule has 6 amide bonds. The molecule has 54 atom stereocenters. The average molecular weight is 2030 g/mol. The molecule has 61 heteroatoms. The first-order valence-corrected chi connectivity index (χ1v) is 44.4. The molecule has 10 aliphatic rings. The lowest BCUT2D eigenvalue weighted by atomic mass is 9.93. The fourth-order valence-electron chi connectivity index (χ4n) is 17.6. The van der Waals surface area contributed by atoms with Crippen molar-refractivity contribution in [3.8, 4) is 0 Å². The Labute approximate surface area is 788 Å². The Morgan fingerprint density at radius 1 is 0.266 bits per heavy atom. The Kier molecular flexibility index (Phi) is 42.9. The van der Waals surface area contributed by atoms with E-state index in [9.17, 15) is 177 Å². The van der Waals surface area contributed by atoms with Crippen LogP contribution in [0.3, 0.4) is 0 Å². The van der Waals surface area contributed by atoms with Crippen molar-refractivity contribution >= 4 is 35.4 Å². The summed E-state index contributed by atoms with van der Waals surface area (Å²) in [4.78, 5) is 77.5. The van der Waals surface area contributed by atoms with Gasteiger partial charge < -0.3 is 275 Å². The molecular formula is C78H132N6O55. The van der Waals surface area contributed by atoms with Crippen LogP contribution in [0.25, 0.3) is 0 Å². The number of rotatable bonds is 40. The zero-order chi connectivity index (χ0) is 103. The number of hydrogen-bond donors (Lipinski definition) is 35. The molecule has 0 radical (unpaired) electrons. The van der Waals surface area contributed by atoms with Gasteiger partial charge in [0.2, 0.25) is 35.4 Å². The van der Waals surface area contributed by atoms with Gasteiger partial charge in [-0.25, -0.2) is 0 Å². The van der Waals surface area contributed by atoms with Gasteiger partial charge in [0.25, 0.3) is 0 Å². The van der Waals surface area contributed by atoms with Gasteiger partial charge in [-0.2, -0.15) is 0 Å². The Balaban J connectivity index is 1.08. The summed E-state index contributed by atoms with van der Waals surface area (Å²) in [6.45, 7) is -6.13. The summed E-state index contributed by atoms with van der Waals surface area (Å²) < 4.78 is 121. The van der Waals surface area contributed by atoms with Crippen LogP contribution in [0.15, 0.2) is 0 Å². The predicted octanol–water partition coefficient (Wildman–Crippen LogP) is -23.5. The summed E-state index contributed by atoms with van der Waals surface area (Å²) >= 11 is 0. The molecule has 10 rings (SSSR count). The van der Waals surface area contributed by atoms with Crippen LogP contribution in [0, 0.1) is 0 Å². The second-order valence-corrected chi connectivity index (χ2v) is 35.1. The number of carbonyl (C=O) groups is 6. The molecule has 10 heterocycles. The number of aliphatic hydroxyl groups is 29. The number of nitrogens with one attached hydrogen (secondary N) is 6. The average Bonchev–Trinajstić information content (AvgIpc) is 0.758. The van der Waals surface area contributed by atoms with Crippen LogP contribution in [-0.2, 0) is 124 Å². The van der Waals surface area contributed by atoms with Gasteiger partial charge >= 0.3 is 0 Å². The third kappa shape index (κ3) is 27.1. The highest BCUT2D eigenvalue weighted by molar-refractivity contribution is 5.75. The first-order chi connectivity index (χ1) is 65.6. The lowest BCUT2D eigenvalue weighted by Gasteiger charge is -2.52. The van der Waals surface area contributed by atoms with Crippen molar-refractivity contribution in [3.05, 3.63) is 0 Å². The quantitative estimate of drug-likeness (QED) is 0.0271. The van der Waals surface area contributed by atoms with Crippen LogP contribution < -0.4 is 31.9 Å². The van der Waals surface area contributed by atoms with E-state index in [-0.39, 0.29) is 0 Å². The predicted molar refractivity (Wildman–Crippen MR) is 433 cm³/mol. The third-order valence-electron chi connectivity index (χ3n) is 25.0. The highest BCUT2D eigenvalue weighted by Gasteiger charge is 2.62. The molecule has 10 aliphatic heterocycles. The topological polar surface area (TPSA) is 946 Å². The van der Waals surface area contributed by atoms with Crippen LogP contribution in [0.5, 0.6) is 0 Å². The number of ether oxygens (including phenoxy) is 20. The molecule has 0 aromatic rings. The first kappa shape index (κ1) is 116. The molecule has 0 aromatic carbocycles. The Bertz CT molecular complexity index is 3840. The Morgan fingerprint density at radius 2 is 0.576 bits per heavy atom. The number of aliphatic hydroxyl groups excluding tert-OH is 29. The van der Waals surface area contributed by atoms with Gasteiger partial charge in [-0.1, -0.05) is 0 Å². The van der Waals surface area contributed by atoms with E-state index in [0.717, 1.165) is 41.5 Å². The Morgan fingerprint density at radius 3 is 1.01 bits per heavy atom.